The van der Waals surface area contributed by atoms with E-state index in [2.05, 4.69) is 0 Å². The Balaban J connectivity index is 2.56. The number of aliphatic carboxylic acids is 1. The molecule has 1 aliphatic heterocycles. The third-order valence-corrected chi connectivity index (χ3v) is 3.25. The zero-order valence-electron chi connectivity index (χ0n) is 10.7. The van der Waals surface area contributed by atoms with Gasteiger partial charge in [0.15, 0.2) is 0 Å². The largest absolute Gasteiger partial charge is 0.480 e. The number of primary amides is 1. The molecule has 0 atom stereocenters. The molecule has 5 nitrogen and oxygen atoms in total. The molecule has 0 aromatic heterocycles. The number of fused-ring (bicyclic) bond motifs is 1. The highest BCUT2D eigenvalue weighted by atomic mass is 16.4. The van der Waals surface area contributed by atoms with Crippen LogP contribution in [-0.2, 0) is 9.59 Å². The monoisotopic (exact) mass is 260 g/mol. The van der Waals surface area contributed by atoms with E-state index < -0.39 is 11.9 Å². The average Bonchev–Trinajstić information content (AvgIpc) is 2.37. The van der Waals surface area contributed by atoms with Crippen molar-refractivity contribution in [2.75, 3.05) is 18.0 Å². The van der Waals surface area contributed by atoms with Gasteiger partial charge in [0.2, 0.25) is 5.91 Å². The van der Waals surface area contributed by atoms with Gasteiger partial charge in [0.1, 0.15) is 6.54 Å². The second kappa shape index (κ2) is 5.14. The molecule has 0 fully saturated rings. The smallest absolute Gasteiger partial charge is 0.323 e. The van der Waals surface area contributed by atoms with Gasteiger partial charge in [-0.2, -0.15) is 0 Å². The molecule has 19 heavy (non-hydrogen) atoms. The predicted molar refractivity (Wildman–Crippen MR) is 72.7 cm³/mol. The molecule has 0 saturated heterocycles. The van der Waals surface area contributed by atoms with Crippen LogP contribution in [0.25, 0.3) is 5.57 Å². The van der Waals surface area contributed by atoms with E-state index in [9.17, 15) is 9.59 Å². The zero-order valence-corrected chi connectivity index (χ0v) is 10.7. The number of carboxylic acid groups (broad SMARTS) is 1. The summed E-state index contributed by atoms with van der Waals surface area (Å²) in [7, 11) is 0. The lowest BCUT2D eigenvalue weighted by molar-refractivity contribution is -0.135. The maximum Gasteiger partial charge on any atom is 0.323 e. The number of amides is 1. The Morgan fingerprint density at radius 2 is 2.05 bits per heavy atom. The molecule has 0 unspecified atom stereocenters. The summed E-state index contributed by atoms with van der Waals surface area (Å²) in [5.74, 6) is -1.35. The molecule has 1 aromatic carbocycles. The molecule has 1 amide bonds. The molecule has 1 heterocycles. The van der Waals surface area contributed by atoms with Gasteiger partial charge in [-0.05, 0) is 18.1 Å². The quantitative estimate of drug-likeness (QED) is 0.853. The van der Waals surface area contributed by atoms with Gasteiger partial charge >= 0.3 is 5.97 Å². The average molecular weight is 260 g/mol. The minimum atomic E-state index is -0.896. The molecule has 1 aliphatic rings. The van der Waals surface area contributed by atoms with Gasteiger partial charge in [0.25, 0.3) is 0 Å². The standard InChI is InChI=1S/C14H16N2O3/c1-2-9-7-16(8-12(17)18)11-6-4-3-5-10(11)13(9)14(15)19/h3-6H,2,7-8H2,1H3,(H2,15,19)(H,17,18). The van der Waals surface area contributed by atoms with Gasteiger partial charge in [-0.1, -0.05) is 25.1 Å². The molecular weight excluding hydrogens is 244 g/mol. The van der Waals surface area contributed by atoms with Crippen molar-refractivity contribution >= 4 is 23.1 Å². The second-order valence-corrected chi connectivity index (χ2v) is 4.46. The number of rotatable bonds is 4. The molecule has 2 rings (SSSR count). The number of hydrogen-bond acceptors (Lipinski definition) is 3. The summed E-state index contributed by atoms with van der Waals surface area (Å²) < 4.78 is 0. The Morgan fingerprint density at radius 3 is 2.63 bits per heavy atom. The summed E-state index contributed by atoms with van der Waals surface area (Å²) in [5.41, 5.74) is 8.34. The highest BCUT2D eigenvalue weighted by Gasteiger charge is 2.26. The molecular formula is C14H16N2O3. The van der Waals surface area contributed by atoms with Gasteiger partial charge in [-0.15, -0.1) is 0 Å². The summed E-state index contributed by atoms with van der Waals surface area (Å²) >= 11 is 0. The Morgan fingerprint density at radius 1 is 1.37 bits per heavy atom. The predicted octanol–water partition coefficient (Wildman–Crippen LogP) is 1.24. The number of benzene rings is 1. The zero-order chi connectivity index (χ0) is 14.0. The van der Waals surface area contributed by atoms with Crippen LogP contribution in [0.2, 0.25) is 0 Å². The summed E-state index contributed by atoms with van der Waals surface area (Å²) in [4.78, 5) is 24.3. The van der Waals surface area contributed by atoms with E-state index in [1.165, 1.54) is 0 Å². The van der Waals surface area contributed by atoms with E-state index in [1.54, 1.807) is 11.0 Å². The van der Waals surface area contributed by atoms with E-state index in [4.69, 9.17) is 10.8 Å². The van der Waals surface area contributed by atoms with Crippen molar-refractivity contribution in [1.82, 2.24) is 0 Å². The fourth-order valence-corrected chi connectivity index (χ4v) is 2.45. The number of carbonyl (C=O) groups is 2. The fourth-order valence-electron chi connectivity index (χ4n) is 2.45. The highest BCUT2D eigenvalue weighted by molar-refractivity contribution is 6.22. The third kappa shape index (κ3) is 2.45. The first-order valence-corrected chi connectivity index (χ1v) is 6.12. The Bertz CT molecular complexity index is 564. The van der Waals surface area contributed by atoms with Gasteiger partial charge in [0, 0.05) is 23.4 Å². The summed E-state index contributed by atoms with van der Waals surface area (Å²) in [6.07, 6.45) is 0.669. The second-order valence-electron chi connectivity index (χ2n) is 4.46. The Kier molecular flexibility index (Phi) is 3.55. The number of carboxylic acids is 1. The van der Waals surface area contributed by atoms with Gasteiger partial charge in [0.05, 0.1) is 0 Å². The minimum Gasteiger partial charge on any atom is -0.480 e. The van der Waals surface area contributed by atoms with E-state index in [-0.39, 0.29) is 6.54 Å². The fraction of sp³-hybridized carbons (Fsp3) is 0.286. The first-order valence-electron chi connectivity index (χ1n) is 6.12. The van der Waals surface area contributed by atoms with Crippen molar-refractivity contribution in [1.29, 1.82) is 0 Å². The molecule has 0 aliphatic carbocycles. The number of para-hydroxylation sites is 1. The normalized spacial score (nSPS) is 14.3. The molecule has 5 heteroatoms. The number of nitrogens with two attached hydrogens (primary N) is 1. The van der Waals surface area contributed by atoms with Crippen LogP contribution in [0.5, 0.6) is 0 Å². The van der Waals surface area contributed by atoms with Crippen molar-refractivity contribution in [3.8, 4) is 0 Å². The van der Waals surface area contributed by atoms with Gasteiger partial charge in [-0.3, -0.25) is 9.59 Å². The van der Waals surface area contributed by atoms with E-state index >= 15 is 0 Å². The molecule has 0 bridgehead atoms. The van der Waals surface area contributed by atoms with Crippen LogP contribution in [0, 0.1) is 0 Å². The first kappa shape index (κ1) is 13.1. The first-order chi connectivity index (χ1) is 9.04. The maximum absolute atomic E-state index is 11.6. The number of nitrogens with zero attached hydrogens (tertiary/aromatic N) is 1. The summed E-state index contributed by atoms with van der Waals surface area (Å²) in [5, 5.41) is 8.98. The molecule has 0 saturated carbocycles. The maximum atomic E-state index is 11.6. The van der Waals surface area contributed by atoms with Crippen LogP contribution in [0.15, 0.2) is 29.8 Å². The Hall–Kier alpha value is -2.30. The van der Waals surface area contributed by atoms with Crippen molar-refractivity contribution in [2.24, 2.45) is 5.73 Å². The molecule has 3 N–H and O–H groups in total. The van der Waals surface area contributed by atoms with Crippen LogP contribution in [-0.4, -0.2) is 30.1 Å². The van der Waals surface area contributed by atoms with Crippen molar-refractivity contribution in [3.63, 3.8) is 0 Å². The van der Waals surface area contributed by atoms with E-state index in [0.29, 0.717) is 18.5 Å². The van der Waals surface area contributed by atoms with Crippen LogP contribution >= 0.6 is 0 Å². The molecule has 0 radical (unpaired) electrons. The van der Waals surface area contributed by atoms with E-state index in [0.717, 1.165) is 16.8 Å². The van der Waals surface area contributed by atoms with E-state index in [1.807, 2.05) is 25.1 Å². The minimum absolute atomic E-state index is 0.0907. The molecule has 100 valence electrons. The van der Waals surface area contributed by atoms with Gasteiger partial charge in [-0.25, -0.2) is 0 Å². The summed E-state index contributed by atoms with van der Waals surface area (Å²) in [6.45, 7) is 2.27. The number of anilines is 1. The van der Waals surface area contributed by atoms with Crippen LogP contribution in [0.3, 0.4) is 0 Å². The van der Waals surface area contributed by atoms with Crippen molar-refractivity contribution in [2.45, 2.75) is 13.3 Å². The van der Waals surface area contributed by atoms with Crippen LogP contribution in [0.4, 0.5) is 5.69 Å². The third-order valence-electron chi connectivity index (χ3n) is 3.25. The lowest BCUT2D eigenvalue weighted by Gasteiger charge is -2.32. The van der Waals surface area contributed by atoms with Gasteiger partial charge < -0.3 is 15.7 Å². The highest BCUT2D eigenvalue weighted by Crippen LogP contribution is 2.35. The van der Waals surface area contributed by atoms with Crippen LogP contribution in [0.1, 0.15) is 18.9 Å². The SMILES string of the molecule is CCC1=C(C(N)=O)c2ccccc2N(CC(=O)O)C1. The summed E-state index contributed by atoms with van der Waals surface area (Å²) in [6, 6.07) is 7.26. The molecule has 1 aromatic rings. The lowest BCUT2D eigenvalue weighted by Crippen LogP contribution is -2.36. The Labute approximate surface area is 111 Å². The van der Waals surface area contributed by atoms with Crippen LogP contribution < -0.4 is 10.6 Å². The number of hydrogen-bond donors (Lipinski definition) is 2. The topological polar surface area (TPSA) is 83.6 Å². The number of carbonyl (C=O) groups excluding carboxylic acids is 1. The lowest BCUT2D eigenvalue weighted by atomic mass is 9.91. The molecule has 0 spiro atoms. The van der Waals surface area contributed by atoms with Crippen molar-refractivity contribution < 1.29 is 14.7 Å². The van der Waals surface area contributed by atoms with Crippen molar-refractivity contribution in [3.05, 3.63) is 35.4 Å².